The largest absolute Gasteiger partial charge is 0.291 e. The standard InChI is InChI=1S/C23H26N8O/c1-3-5-7-20(32)23-25-21(6-4-2)31(28-23)15-16-8-10-17(11-9-16)19-14-24-13-12-18(19)22-26-29-30-27-22/h8-14H,3-7,15H2,1-2H3,(H,26,27,29,30). The van der Waals surface area contributed by atoms with Crippen molar-refractivity contribution in [2.24, 2.45) is 0 Å². The van der Waals surface area contributed by atoms with Gasteiger partial charge >= 0.3 is 0 Å². The molecule has 0 bridgehead atoms. The van der Waals surface area contributed by atoms with Crippen LogP contribution in [0.1, 0.15) is 61.5 Å². The first kappa shape index (κ1) is 21.5. The number of hydrogen-bond donors (Lipinski definition) is 1. The Kier molecular flexibility index (Phi) is 6.74. The molecule has 9 heteroatoms. The Labute approximate surface area is 186 Å². The van der Waals surface area contributed by atoms with Crippen LogP contribution >= 0.6 is 0 Å². The molecule has 1 aromatic carbocycles. The quantitative estimate of drug-likeness (QED) is 0.379. The highest BCUT2D eigenvalue weighted by atomic mass is 16.1. The molecule has 4 rings (SSSR count). The number of aromatic amines is 1. The number of tetrazole rings is 1. The molecule has 0 aliphatic heterocycles. The molecule has 1 N–H and O–H groups in total. The molecule has 0 fully saturated rings. The van der Waals surface area contributed by atoms with Crippen molar-refractivity contribution in [3.05, 3.63) is 59.9 Å². The lowest BCUT2D eigenvalue weighted by atomic mass is 10.0. The molecule has 9 nitrogen and oxygen atoms in total. The molecular formula is C23H26N8O. The molecule has 0 unspecified atom stereocenters. The highest BCUT2D eigenvalue weighted by Gasteiger charge is 2.16. The molecule has 0 spiro atoms. The SMILES string of the molecule is CCCCC(=O)c1nc(CCC)n(Cc2ccc(-c3cnccc3-c3nn[nH]n3)cc2)n1. The fraction of sp³-hybridized carbons (Fsp3) is 0.348. The maximum atomic E-state index is 12.4. The number of nitrogens with zero attached hydrogens (tertiary/aromatic N) is 7. The third-order valence-electron chi connectivity index (χ3n) is 5.23. The van der Waals surface area contributed by atoms with Gasteiger partial charge in [0.1, 0.15) is 5.82 Å². The molecule has 0 atom stereocenters. The lowest BCUT2D eigenvalue weighted by molar-refractivity contribution is 0.0969. The van der Waals surface area contributed by atoms with Gasteiger partial charge in [0.05, 0.1) is 6.54 Å². The number of H-pyrrole nitrogens is 1. The number of unbranched alkanes of at least 4 members (excludes halogenated alkanes) is 1. The highest BCUT2D eigenvalue weighted by Crippen LogP contribution is 2.29. The van der Waals surface area contributed by atoms with Crippen LogP contribution in [0.25, 0.3) is 22.5 Å². The summed E-state index contributed by atoms with van der Waals surface area (Å²) in [4.78, 5) is 21.2. The van der Waals surface area contributed by atoms with Crippen molar-refractivity contribution in [1.82, 2.24) is 40.4 Å². The Morgan fingerprint density at radius 2 is 1.91 bits per heavy atom. The van der Waals surface area contributed by atoms with Crippen LogP contribution in [0.15, 0.2) is 42.7 Å². The minimum absolute atomic E-state index is 0.0175. The fourth-order valence-corrected chi connectivity index (χ4v) is 3.53. The van der Waals surface area contributed by atoms with Crippen LogP contribution in [-0.4, -0.2) is 46.2 Å². The van der Waals surface area contributed by atoms with Crippen LogP contribution in [0.2, 0.25) is 0 Å². The Balaban J connectivity index is 1.56. The van der Waals surface area contributed by atoms with Crippen LogP contribution in [0.4, 0.5) is 0 Å². The van der Waals surface area contributed by atoms with Gasteiger partial charge in [-0.3, -0.25) is 9.78 Å². The minimum Gasteiger partial charge on any atom is -0.291 e. The summed E-state index contributed by atoms with van der Waals surface area (Å²) in [5, 5.41) is 18.8. The topological polar surface area (TPSA) is 115 Å². The predicted molar refractivity (Wildman–Crippen MR) is 120 cm³/mol. The second-order valence-corrected chi connectivity index (χ2v) is 7.64. The molecule has 0 radical (unpaired) electrons. The van der Waals surface area contributed by atoms with Crippen molar-refractivity contribution in [2.75, 3.05) is 0 Å². The molecule has 0 saturated carbocycles. The van der Waals surface area contributed by atoms with E-state index < -0.39 is 0 Å². The van der Waals surface area contributed by atoms with E-state index in [9.17, 15) is 4.79 Å². The number of aryl methyl sites for hydroxylation is 1. The summed E-state index contributed by atoms with van der Waals surface area (Å²) in [7, 11) is 0. The summed E-state index contributed by atoms with van der Waals surface area (Å²) in [6.45, 7) is 4.73. The van der Waals surface area contributed by atoms with Gasteiger partial charge in [-0.1, -0.05) is 44.5 Å². The summed E-state index contributed by atoms with van der Waals surface area (Å²) < 4.78 is 1.85. The molecule has 0 aliphatic carbocycles. The van der Waals surface area contributed by atoms with Gasteiger partial charge < -0.3 is 0 Å². The number of Topliss-reactive ketones (excluding diaryl/α,β-unsaturated/α-hetero) is 1. The van der Waals surface area contributed by atoms with E-state index in [-0.39, 0.29) is 5.78 Å². The number of ketones is 1. The van der Waals surface area contributed by atoms with E-state index in [2.05, 4.69) is 61.7 Å². The van der Waals surface area contributed by atoms with Crippen molar-refractivity contribution in [3.8, 4) is 22.5 Å². The molecular weight excluding hydrogens is 404 g/mol. The summed E-state index contributed by atoms with van der Waals surface area (Å²) in [6.07, 6.45) is 7.57. The van der Waals surface area contributed by atoms with Crippen molar-refractivity contribution < 1.29 is 4.79 Å². The maximum Gasteiger partial charge on any atom is 0.217 e. The molecule has 0 aliphatic rings. The van der Waals surface area contributed by atoms with E-state index in [0.717, 1.165) is 53.8 Å². The number of nitrogens with one attached hydrogen (secondary N) is 1. The second kappa shape index (κ2) is 10.0. The Morgan fingerprint density at radius 3 is 2.62 bits per heavy atom. The van der Waals surface area contributed by atoms with Crippen molar-refractivity contribution in [3.63, 3.8) is 0 Å². The fourth-order valence-electron chi connectivity index (χ4n) is 3.53. The van der Waals surface area contributed by atoms with Crippen LogP contribution in [0.3, 0.4) is 0 Å². The number of rotatable bonds is 10. The van der Waals surface area contributed by atoms with Crippen LogP contribution in [0, 0.1) is 0 Å². The summed E-state index contributed by atoms with van der Waals surface area (Å²) >= 11 is 0. The van der Waals surface area contributed by atoms with E-state index in [4.69, 9.17) is 0 Å². The monoisotopic (exact) mass is 430 g/mol. The first-order valence-corrected chi connectivity index (χ1v) is 10.9. The maximum absolute atomic E-state index is 12.4. The van der Waals surface area contributed by atoms with Crippen LogP contribution in [-0.2, 0) is 13.0 Å². The average Bonchev–Trinajstić information content (AvgIpc) is 3.49. The molecule has 3 aromatic heterocycles. The van der Waals surface area contributed by atoms with Gasteiger partial charge in [0.15, 0.2) is 0 Å². The number of benzene rings is 1. The number of carbonyl (C=O) groups is 1. The van der Waals surface area contributed by atoms with E-state index in [1.807, 2.05) is 22.9 Å². The zero-order valence-electron chi connectivity index (χ0n) is 18.3. The van der Waals surface area contributed by atoms with Gasteiger partial charge in [-0.05, 0) is 35.2 Å². The van der Waals surface area contributed by atoms with Crippen molar-refractivity contribution in [2.45, 2.75) is 52.5 Å². The third-order valence-corrected chi connectivity index (χ3v) is 5.23. The summed E-state index contributed by atoms with van der Waals surface area (Å²) in [6, 6.07) is 10.1. The first-order valence-electron chi connectivity index (χ1n) is 10.9. The zero-order valence-corrected chi connectivity index (χ0v) is 18.3. The van der Waals surface area contributed by atoms with Crippen LogP contribution in [0.5, 0.6) is 0 Å². The Bertz CT molecular complexity index is 1170. The van der Waals surface area contributed by atoms with E-state index in [1.165, 1.54) is 0 Å². The molecule has 3 heterocycles. The Morgan fingerprint density at radius 1 is 1.06 bits per heavy atom. The third kappa shape index (κ3) is 4.77. The zero-order chi connectivity index (χ0) is 22.3. The number of pyridine rings is 1. The molecule has 0 saturated heterocycles. The first-order chi connectivity index (χ1) is 15.7. The molecule has 164 valence electrons. The average molecular weight is 431 g/mol. The van der Waals surface area contributed by atoms with Gasteiger partial charge in [-0.2, -0.15) is 5.21 Å². The lowest BCUT2D eigenvalue weighted by Gasteiger charge is -2.09. The van der Waals surface area contributed by atoms with Gasteiger partial charge in [0.2, 0.25) is 17.4 Å². The lowest BCUT2D eigenvalue weighted by Crippen LogP contribution is -2.08. The number of carbonyl (C=O) groups excluding carboxylic acids is 1. The second-order valence-electron chi connectivity index (χ2n) is 7.64. The predicted octanol–water partition coefficient (Wildman–Crippen LogP) is 3.89. The van der Waals surface area contributed by atoms with Crippen LogP contribution < -0.4 is 0 Å². The van der Waals surface area contributed by atoms with E-state index in [1.54, 1.807) is 12.4 Å². The van der Waals surface area contributed by atoms with Gasteiger partial charge in [0.25, 0.3) is 0 Å². The van der Waals surface area contributed by atoms with Crippen molar-refractivity contribution >= 4 is 5.78 Å². The molecule has 32 heavy (non-hydrogen) atoms. The van der Waals surface area contributed by atoms with E-state index in [0.29, 0.717) is 24.6 Å². The molecule has 0 amide bonds. The van der Waals surface area contributed by atoms with Gasteiger partial charge in [-0.15, -0.1) is 15.3 Å². The minimum atomic E-state index is 0.0175. The number of aromatic nitrogens is 8. The van der Waals surface area contributed by atoms with Crippen molar-refractivity contribution in [1.29, 1.82) is 0 Å². The highest BCUT2D eigenvalue weighted by molar-refractivity contribution is 5.92. The molecule has 4 aromatic rings. The Hall–Kier alpha value is -3.75. The van der Waals surface area contributed by atoms with Gasteiger partial charge in [-0.25, -0.2) is 9.67 Å². The normalized spacial score (nSPS) is 11.1. The summed E-state index contributed by atoms with van der Waals surface area (Å²) in [5.74, 6) is 1.73. The van der Waals surface area contributed by atoms with E-state index >= 15 is 0 Å². The summed E-state index contributed by atoms with van der Waals surface area (Å²) in [5.41, 5.74) is 3.87. The smallest absolute Gasteiger partial charge is 0.217 e. The number of hydrogen-bond acceptors (Lipinski definition) is 7. The van der Waals surface area contributed by atoms with Gasteiger partial charge in [0, 0.05) is 36.4 Å².